The number of thiophene rings is 2. The molecule has 208 valence electrons. The molecule has 0 bridgehead atoms. The minimum atomic E-state index is 0. The van der Waals surface area contributed by atoms with Gasteiger partial charge in [0.25, 0.3) is 0 Å². The van der Waals surface area contributed by atoms with E-state index in [1.165, 1.54) is 40.3 Å². The van der Waals surface area contributed by atoms with Gasteiger partial charge in [-0.1, -0.05) is 96.2 Å². The second-order valence-corrected chi connectivity index (χ2v) is 12.5. The molecule has 8 rings (SSSR count). The predicted octanol–water partition coefficient (Wildman–Crippen LogP) is 12.5. The Kier molecular flexibility index (Phi) is 9.55. The minimum Gasteiger partial charge on any atom is -0.399 e. The first kappa shape index (κ1) is 29.3. The number of rotatable bonds is 2. The van der Waals surface area contributed by atoms with Crippen LogP contribution in [0.5, 0.6) is 0 Å². The molecule has 6 aromatic carbocycles. The molecular formula is C37H31BrN2S2. The van der Waals surface area contributed by atoms with Gasteiger partial charge in [-0.2, -0.15) is 0 Å². The number of hydrogen-bond donors (Lipinski definition) is 2. The largest absolute Gasteiger partial charge is 0.399 e. The van der Waals surface area contributed by atoms with Gasteiger partial charge in [-0.05, 0) is 72.8 Å². The standard InChI is InChI=1S/C18H13NS.C12H7BrS.C6H7N.CH4/c1-2-6-13(7-3-1)19-14-10-11-18-16(12-14)15-8-4-5-9-17(15)20-18;13-8-5-6-12-10(7-8)9-3-1-2-4-11(9)14-12;7-6-4-2-1-3-5-6;/h1-12,19H;1-7H;1-5H,7H2;1H4. The van der Waals surface area contributed by atoms with Crippen LogP contribution in [0.4, 0.5) is 17.1 Å². The van der Waals surface area contributed by atoms with Gasteiger partial charge in [0.05, 0.1) is 0 Å². The minimum absolute atomic E-state index is 0. The third kappa shape index (κ3) is 6.82. The van der Waals surface area contributed by atoms with Gasteiger partial charge in [0.2, 0.25) is 0 Å². The summed E-state index contributed by atoms with van der Waals surface area (Å²) in [5, 5.41) is 8.82. The highest BCUT2D eigenvalue weighted by atomic mass is 79.9. The van der Waals surface area contributed by atoms with Crippen LogP contribution < -0.4 is 11.1 Å². The maximum absolute atomic E-state index is 5.36. The summed E-state index contributed by atoms with van der Waals surface area (Å²) in [6.07, 6.45) is 0. The molecule has 2 heterocycles. The summed E-state index contributed by atoms with van der Waals surface area (Å²) in [5.74, 6) is 0. The first-order chi connectivity index (χ1) is 20.1. The van der Waals surface area contributed by atoms with E-state index < -0.39 is 0 Å². The SMILES string of the molecule is Brc1ccc2sc3ccccc3c2c1.C.Nc1ccccc1.c1ccc(Nc2ccc3sc4ccccc4c3c2)cc1. The van der Waals surface area contributed by atoms with Crippen LogP contribution in [0.2, 0.25) is 0 Å². The molecule has 0 unspecified atom stereocenters. The van der Waals surface area contributed by atoms with E-state index in [2.05, 4.69) is 118 Å². The molecule has 42 heavy (non-hydrogen) atoms. The van der Waals surface area contributed by atoms with Crippen molar-refractivity contribution in [1.29, 1.82) is 0 Å². The monoisotopic (exact) mass is 646 g/mol. The van der Waals surface area contributed by atoms with Gasteiger partial charge in [-0.25, -0.2) is 0 Å². The van der Waals surface area contributed by atoms with Crippen LogP contribution in [0.15, 0.2) is 150 Å². The molecule has 0 aliphatic carbocycles. The second-order valence-electron chi connectivity index (χ2n) is 9.45. The van der Waals surface area contributed by atoms with Crippen LogP contribution in [0.1, 0.15) is 7.43 Å². The van der Waals surface area contributed by atoms with Crippen LogP contribution in [-0.4, -0.2) is 0 Å². The molecule has 0 aliphatic heterocycles. The van der Waals surface area contributed by atoms with E-state index in [1.54, 1.807) is 0 Å². The zero-order chi connectivity index (χ0) is 28.0. The first-order valence-electron chi connectivity index (χ1n) is 13.2. The number of nitrogens with two attached hydrogens (primary N) is 1. The molecule has 2 aromatic heterocycles. The smallest absolute Gasteiger partial charge is 0.0391 e. The van der Waals surface area contributed by atoms with Crippen molar-refractivity contribution in [3.8, 4) is 0 Å². The summed E-state index contributed by atoms with van der Waals surface area (Å²) >= 11 is 7.21. The molecule has 0 aliphatic rings. The van der Waals surface area contributed by atoms with Crippen LogP contribution in [-0.2, 0) is 0 Å². The van der Waals surface area contributed by atoms with Crippen molar-refractivity contribution in [2.24, 2.45) is 0 Å². The zero-order valence-corrected chi connectivity index (χ0v) is 25.3. The van der Waals surface area contributed by atoms with Crippen molar-refractivity contribution >= 4 is 96.0 Å². The first-order valence-corrected chi connectivity index (χ1v) is 15.7. The van der Waals surface area contributed by atoms with E-state index in [0.717, 1.165) is 21.5 Å². The fourth-order valence-corrected chi connectivity index (χ4v) is 7.18. The highest BCUT2D eigenvalue weighted by Crippen LogP contribution is 2.36. The third-order valence-corrected chi connectivity index (χ3v) is 9.37. The Morgan fingerprint density at radius 1 is 0.452 bits per heavy atom. The van der Waals surface area contributed by atoms with E-state index >= 15 is 0 Å². The molecule has 5 heteroatoms. The average Bonchev–Trinajstić information content (AvgIpc) is 3.57. The Hall–Kier alpha value is -4.16. The predicted molar refractivity (Wildman–Crippen MR) is 194 cm³/mol. The number of halogens is 1. The molecule has 8 aromatic rings. The van der Waals surface area contributed by atoms with Gasteiger partial charge < -0.3 is 11.1 Å². The van der Waals surface area contributed by atoms with Crippen LogP contribution >= 0.6 is 38.6 Å². The van der Waals surface area contributed by atoms with Crippen LogP contribution in [0.3, 0.4) is 0 Å². The van der Waals surface area contributed by atoms with Gasteiger partial charge in [-0.3, -0.25) is 0 Å². The van der Waals surface area contributed by atoms with Gasteiger partial charge >= 0.3 is 0 Å². The number of fused-ring (bicyclic) bond motifs is 6. The normalized spacial score (nSPS) is 10.4. The second kappa shape index (κ2) is 13.7. The fourth-order valence-electron chi connectivity index (χ4n) is 4.64. The molecular weight excluding hydrogens is 616 g/mol. The van der Waals surface area contributed by atoms with Crippen molar-refractivity contribution in [2.45, 2.75) is 7.43 Å². The Morgan fingerprint density at radius 2 is 0.929 bits per heavy atom. The Balaban J connectivity index is 0.000000139. The van der Waals surface area contributed by atoms with Crippen molar-refractivity contribution in [3.05, 3.63) is 150 Å². The quantitative estimate of drug-likeness (QED) is 0.183. The van der Waals surface area contributed by atoms with Gasteiger partial charge in [0, 0.05) is 61.9 Å². The third-order valence-electron chi connectivity index (χ3n) is 6.58. The molecule has 3 N–H and O–H groups in total. The van der Waals surface area contributed by atoms with E-state index in [4.69, 9.17) is 5.73 Å². The number of nitrogens with one attached hydrogen (secondary N) is 1. The lowest BCUT2D eigenvalue weighted by molar-refractivity contribution is 1.57. The Morgan fingerprint density at radius 3 is 1.50 bits per heavy atom. The Labute approximate surface area is 263 Å². The summed E-state index contributed by atoms with van der Waals surface area (Å²) in [6.45, 7) is 0. The van der Waals surface area contributed by atoms with E-state index in [-0.39, 0.29) is 7.43 Å². The van der Waals surface area contributed by atoms with Crippen molar-refractivity contribution in [3.63, 3.8) is 0 Å². The van der Waals surface area contributed by atoms with Gasteiger partial charge in [0.15, 0.2) is 0 Å². The summed E-state index contributed by atoms with van der Waals surface area (Å²) in [4.78, 5) is 0. The number of benzene rings is 6. The van der Waals surface area contributed by atoms with Crippen LogP contribution in [0.25, 0.3) is 40.3 Å². The summed E-state index contributed by atoms with van der Waals surface area (Å²) < 4.78 is 6.55. The number of para-hydroxylation sites is 2. The zero-order valence-electron chi connectivity index (χ0n) is 22.1. The van der Waals surface area contributed by atoms with Crippen molar-refractivity contribution in [2.75, 3.05) is 11.1 Å². The molecule has 0 spiro atoms. The Bertz CT molecular complexity index is 2050. The average molecular weight is 648 g/mol. The van der Waals surface area contributed by atoms with Gasteiger partial charge in [-0.15, -0.1) is 22.7 Å². The lowest BCUT2D eigenvalue weighted by Gasteiger charge is -2.06. The molecule has 2 nitrogen and oxygen atoms in total. The lowest BCUT2D eigenvalue weighted by Crippen LogP contribution is -1.88. The molecule has 0 fully saturated rings. The highest BCUT2D eigenvalue weighted by Gasteiger charge is 2.05. The molecule has 0 saturated heterocycles. The maximum atomic E-state index is 5.36. The number of hydrogen-bond acceptors (Lipinski definition) is 4. The molecule has 0 atom stereocenters. The topological polar surface area (TPSA) is 38.0 Å². The summed E-state index contributed by atoms with van der Waals surface area (Å²) in [6, 6.07) is 49.9. The molecule has 0 saturated carbocycles. The van der Waals surface area contributed by atoms with E-state index in [9.17, 15) is 0 Å². The van der Waals surface area contributed by atoms with Crippen LogP contribution in [0, 0.1) is 0 Å². The summed E-state index contributed by atoms with van der Waals surface area (Å²) in [7, 11) is 0. The highest BCUT2D eigenvalue weighted by molar-refractivity contribution is 9.10. The lowest BCUT2D eigenvalue weighted by atomic mass is 10.1. The van der Waals surface area contributed by atoms with E-state index in [1.807, 2.05) is 71.2 Å². The van der Waals surface area contributed by atoms with Crippen molar-refractivity contribution in [1.82, 2.24) is 0 Å². The molecule has 0 amide bonds. The number of anilines is 3. The summed E-state index contributed by atoms with van der Waals surface area (Å²) in [5.41, 5.74) is 8.43. The van der Waals surface area contributed by atoms with Gasteiger partial charge in [0.1, 0.15) is 0 Å². The van der Waals surface area contributed by atoms with E-state index in [0.29, 0.717) is 0 Å². The molecule has 0 radical (unpaired) electrons. The van der Waals surface area contributed by atoms with Crippen molar-refractivity contribution < 1.29 is 0 Å². The number of nitrogen functional groups attached to an aromatic ring is 1. The maximum Gasteiger partial charge on any atom is 0.0391 e. The fraction of sp³-hybridized carbons (Fsp3) is 0.0270.